The molecule has 7 nitrogen and oxygen atoms in total. The molecule has 1 aromatic carbocycles. The molecule has 0 unspecified atom stereocenters. The maximum absolute atomic E-state index is 12.9. The van der Waals surface area contributed by atoms with Gasteiger partial charge in [-0.25, -0.2) is 18.0 Å². The molecule has 0 heterocycles. The second kappa shape index (κ2) is 30.6. The summed E-state index contributed by atoms with van der Waals surface area (Å²) in [7, 11) is -5.01. The van der Waals surface area contributed by atoms with Crippen molar-refractivity contribution in [3.8, 4) is 0 Å². The van der Waals surface area contributed by atoms with Gasteiger partial charge >= 0.3 is 41.5 Å². The van der Waals surface area contributed by atoms with Gasteiger partial charge in [-0.3, -0.25) is 0 Å². The number of carbonyl (C=O) groups excluding carboxylic acids is 2. The van der Waals surface area contributed by atoms with E-state index < -0.39 is 32.5 Å². The van der Waals surface area contributed by atoms with Crippen LogP contribution in [0.1, 0.15) is 176 Å². The number of ether oxygens (including phenoxy) is 2. The first-order chi connectivity index (χ1) is 22.3. The summed E-state index contributed by atoms with van der Waals surface area (Å²) in [6.45, 7) is 4.61. The topological polar surface area (TPSA) is 110 Å². The SMILES string of the molecule is CCC/C=C/CCCCCCCCCCOC(=O)c1cccc(S(=O)(=O)[O-])c1C(=O)OCCCCCCCCCC/C=C/CCC.[Na+]. The molecule has 0 amide bonds. The zero-order valence-corrected chi connectivity index (χ0v) is 32.6. The Morgan fingerprint density at radius 3 is 1.40 bits per heavy atom. The number of hydrogen-bond acceptors (Lipinski definition) is 7. The normalized spacial score (nSPS) is 11.6. The number of unbranched alkanes of at least 4 members (excludes halogenated alkanes) is 18. The van der Waals surface area contributed by atoms with Gasteiger partial charge in [0.05, 0.1) is 29.2 Å². The predicted octanol–water partition coefficient (Wildman–Crippen LogP) is 7.64. The van der Waals surface area contributed by atoms with Gasteiger partial charge in [-0.05, 0) is 63.5 Å². The monoisotopic (exact) mass is 684 g/mol. The van der Waals surface area contributed by atoms with Gasteiger partial charge in [0, 0.05) is 0 Å². The molecule has 0 aliphatic rings. The quantitative estimate of drug-likeness (QED) is 0.0280. The van der Waals surface area contributed by atoms with E-state index in [9.17, 15) is 22.6 Å². The number of carbonyl (C=O) groups is 2. The van der Waals surface area contributed by atoms with E-state index in [-0.39, 0.29) is 48.3 Å². The van der Waals surface area contributed by atoms with E-state index in [1.54, 1.807) is 0 Å². The first kappa shape index (κ1) is 45.6. The van der Waals surface area contributed by atoms with Gasteiger partial charge < -0.3 is 14.0 Å². The fraction of sp³-hybridized carbons (Fsp3) is 0.684. The molecule has 0 aromatic heterocycles. The molecule has 1 aromatic rings. The van der Waals surface area contributed by atoms with E-state index in [4.69, 9.17) is 9.47 Å². The minimum Gasteiger partial charge on any atom is -0.744 e. The third-order valence-electron chi connectivity index (χ3n) is 7.96. The van der Waals surface area contributed by atoms with Crippen LogP contribution < -0.4 is 29.6 Å². The van der Waals surface area contributed by atoms with Crippen LogP contribution in [-0.4, -0.2) is 38.1 Å². The Kier molecular flexibility index (Phi) is 29.7. The zero-order valence-electron chi connectivity index (χ0n) is 29.8. The molecule has 0 radical (unpaired) electrons. The molecule has 9 heteroatoms. The predicted molar refractivity (Wildman–Crippen MR) is 186 cm³/mol. The van der Waals surface area contributed by atoms with Crippen LogP contribution in [0.5, 0.6) is 0 Å². The van der Waals surface area contributed by atoms with Gasteiger partial charge in [-0.1, -0.05) is 134 Å². The number of benzene rings is 1. The molecular weight excluding hydrogens is 623 g/mol. The Labute approximate surface area is 308 Å². The van der Waals surface area contributed by atoms with E-state index in [0.717, 1.165) is 70.3 Å². The number of rotatable bonds is 29. The smallest absolute Gasteiger partial charge is 0.744 e. The molecule has 0 N–H and O–H groups in total. The standard InChI is InChI=1S/C38H62O7S.Na/c1-3-5-7-9-11-13-15-17-19-21-23-25-27-32-44-37(39)34-30-29-31-35(46(41,42)43)36(34)38(40)45-33-28-26-24-22-20-18-16-14-12-10-8-6-4-2;/h7-10,29-31H,3-6,11-28,32-33H2,1-2H3,(H,41,42,43);/q;+1/p-1/b9-7+,10-8+;. The molecule has 0 bridgehead atoms. The Morgan fingerprint density at radius 1 is 0.596 bits per heavy atom. The Hall–Kier alpha value is -1.45. The second-order valence-electron chi connectivity index (χ2n) is 12.2. The van der Waals surface area contributed by atoms with E-state index in [2.05, 4.69) is 38.2 Å². The minimum atomic E-state index is -5.01. The number of hydrogen-bond donors (Lipinski definition) is 0. The van der Waals surface area contributed by atoms with Gasteiger partial charge in [-0.15, -0.1) is 0 Å². The van der Waals surface area contributed by atoms with E-state index in [0.29, 0.717) is 12.8 Å². The van der Waals surface area contributed by atoms with Crippen LogP contribution in [0.25, 0.3) is 0 Å². The molecule has 0 saturated carbocycles. The Morgan fingerprint density at radius 2 is 0.979 bits per heavy atom. The molecule has 0 aliphatic carbocycles. The fourth-order valence-corrected chi connectivity index (χ4v) is 5.94. The van der Waals surface area contributed by atoms with Crippen LogP contribution in [0.15, 0.2) is 47.4 Å². The van der Waals surface area contributed by atoms with Crippen molar-refractivity contribution in [3.05, 3.63) is 53.6 Å². The van der Waals surface area contributed by atoms with Gasteiger partial charge in [0.15, 0.2) is 0 Å². The zero-order chi connectivity index (χ0) is 33.7. The van der Waals surface area contributed by atoms with Crippen molar-refractivity contribution >= 4 is 22.1 Å². The van der Waals surface area contributed by atoms with E-state index in [1.807, 2.05) is 0 Å². The van der Waals surface area contributed by atoms with Gasteiger partial charge in [0.1, 0.15) is 10.1 Å². The molecule has 262 valence electrons. The molecule has 0 saturated heterocycles. The summed E-state index contributed by atoms with van der Waals surface area (Å²) in [6, 6.07) is 3.60. The maximum atomic E-state index is 12.9. The van der Waals surface area contributed by atoms with Crippen molar-refractivity contribution in [1.29, 1.82) is 0 Å². The van der Waals surface area contributed by atoms with Crippen molar-refractivity contribution < 1.29 is 61.6 Å². The second-order valence-corrected chi connectivity index (χ2v) is 13.5. The molecule has 0 atom stereocenters. The average Bonchev–Trinajstić information content (AvgIpc) is 3.04. The molecule has 47 heavy (non-hydrogen) atoms. The van der Waals surface area contributed by atoms with Crippen LogP contribution in [0.2, 0.25) is 0 Å². The molecule has 0 fully saturated rings. The summed E-state index contributed by atoms with van der Waals surface area (Å²) in [5.41, 5.74) is -0.791. The van der Waals surface area contributed by atoms with Crippen molar-refractivity contribution in [3.63, 3.8) is 0 Å². The van der Waals surface area contributed by atoms with Gasteiger partial charge in [0.25, 0.3) is 0 Å². The van der Waals surface area contributed by atoms with Crippen LogP contribution in [-0.2, 0) is 19.6 Å². The third kappa shape index (κ3) is 23.5. The Bertz CT molecular complexity index is 1120. The third-order valence-corrected chi connectivity index (χ3v) is 8.84. The first-order valence-corrected chi connectivity index (χ1v) is 19.5. The minimum absolute atomic E-state index is 0. The summed E-state index contributed by atoms with van der Waals surface area (Å²) >= 11 is 0. The Balaban J connectivity index is 0.0000212. The fourth-order valence-electron chi connectivity index (χ4n) is 5.25. The van der Waals surface area contributed by atoms with Gasteiger partial charge in [0.2, 0.25) is 0 Å². The molecule has 0 aliphatic heterocycles. The average molecular weight is 685 g/mol. The van der Waals surface area contributed by atoms with E-state index >= 15 is 0 Å². The van der Waals surface area contributed by atoms with Crippen LogP contribution >= 0.6 is 0 Å². The van der Waals surface area contributed by atoms with Crippen molar-refractivity contribution in [2.24, 2.45) is 0 Å². The summed E-state index contributed by atoms with van der Waals surface area (Å²) in [5, 5.41) is 0. The maximum Gasteiger partial charge on any atom is 1.00 e. The van der Waals surface area contributed by atoms with Crippen molar-refractivity contribution in [2.45, 2.75) is 160 Å². The summed E-state index contributed by atoms with van der Waals surface area (Å²) < 4.78 is 46.4. The summed E-state index contributed by atoms with van der Waals surface area (Å²) in [6.07, 6.45) is 33.3. The van der Waals surface area contributed by atoms with Crippen LogP contribution in [0, 0.1) is 0 Å². The first-order valence-electron chi connectivity index (χ1n) is 18.1. The van der Waals surface area contributed by atoms with Crippen molar-refractivity contribution in [1.82, 2.24) is 0 Å². The molecule has 1 rings (SSSR count). The summed E-state index contributed by atoms with van der Waals surface area (Å²) in [5.74, 6) is -1.82. The van der Waals surface area contributed by atoms with Gasteiger partial charge in [-0.2, -0.15) is 0 Å². The molecular formula is C38H61NaO7S. The van der Waals surface area contributed by atoms with Crippen molar-refractivity contribution in [2.75, 3.05) is 13.2 Å². The van der Waals surface area contributed by atoms with Crippen LogP contribution in [0.3, 0.4) is 0 Å². The largest absolute Gasteiger partial charge is 1.00 e. The van der Waals surface area contributed by atoms with E-state index in [1.165, 1.54) is 76.3 Å². The molecule has 0 spiro atoms. The van der Waals surface area contributed by atoms with Crippen LogP contribution in [0.4, 0.5) is 0 Å². The summed E-state index contributed by atoms with van der Waals surface area (Å²) in [4.78, 5) is 25.0. The number of allylic oxidation sites excluding steroid dienone is 4. The number of esters is 2.